The zero-order valence-electron chi connectivity index (χ0n) is 11.5. The smallest absolute Gasteiger partial charge is 0.116 e. The highest BCUT2D eigenvalue weighted by molar-refractivity contribution is 5.19. The predicted octanol–water partition coefficient (Wildman–Crippen LogP) is 1.98. The molecule has 0 aromatic carbocycles. The summed E-state index contributed by atoms with van der Waals surface area (Å²) >= 11 is 0. The number of aromatic nitrogens is 4. The highest BCUT2D eigenvalue weighted by atomic mass is 15.1. The topological polar surface area (TPSA) is 35.6 Å². The van der Waals surface area contributed by atoms with Crippen molar-refractivity contribution < 1.29 is 0 Å². The first-order chi connectivity index (χ1) is 7.91. The van der Waals surface area contributed by atoms with Crippen LogP contribution in [0.3, 0.4) is 0 Å². The molecule has 0 N–H and O–H groups in total. The Morgan fingerprint density at radius 1 is 0.765 bits per heavy atom. The van der Waals surface area contributed by atoms with Gasteiger partial charge in [-0.25, -0.2) is 9.97 Å². The summed E-state index contributed by atoms with van der Waals surface area (Å²) in [6.45, 7) is 8.29. The molecule has 17 heavy (non-hydrogen) atoms. The minimum Gasteiger partial charge on any atom is -0.335 e. The van der Waals surface area contributed by atoms with Crippen LogP contribution in [-0.4, -0.2) is 19.1 Å². The highest BCUT2D eigenvalue weighted by Crippen LogP contribution is 2.14. The van der Waals surface area contributed by atoms with Gasteiger partial charge in [-0.1, -0.05) is 0 Å². The summed E-state index contributed by atoms with van der Waals surface area (Å²) in [6, 6.07) is 0. The lowest BCUT2D eigenvalue weighted by Gasteiger charge is -2.04. The van der Waals surface area contributed by atoms with E-state index in [4.69, 9.17) is 0 Å². The van der Waals surface area contributed by atoms with Gasteiger partial charge in [0, 0.05) is 25.5 Å². The molecule has 0 aliphatic rings. The van der Waals surface area contributed by atoms with Crippen LogP contribution in [0.4, 0.5) is 0 Å². The molecule has 4 nitrogen and oxygen atoms in total. The standard InChI is InChI=1S/C13H20N4/c1-8-10(3)16(5)12(14-8)7-13-15-9(2)11(4)17(13)6/h7H2,1-6H3. The Morgan fingerprint density at radius 2 is 1.12 bits per heavy atom. The Labute approximate surface area is 102 Å². The molecular formula is C13H20N4. The van der Waals surface area contributed by atoms with Gasteiger partial charge in [-0.2, -0.15) is 0 Å². The fourth-order valence-electron chi connectivity index (χ4n) is 2.03. The lowest BCUT2D eigenvalue weighted by molar-refractivity contribution is 0.737. The minimum absolute atomic E-state index is 0.788. The summed E-state index contributed by atoms with van der Waals surface area (Å²) in [7, 11) is 4.13. The first kappa shape index (κ1) is 11.9. The van der Waals surface area contributed by atoms with Crippen molar-refractivity contribution in [3.63, 3.8) is 0 Å². The van der Waals surface area contributed by atoms with Crippen LogP contribution in [-0.2, 0) is 20.5 Å². The van der Waals surface area contributed by atoms with Gasteiger partial charge in [-0.3, -0.25) is 0 Å². The van der Waals surface area contributed by atoms with E-state index in [-0.39, 0.29) is 0 Å². The summed E-state index contributed by atoms with van der Waals surface area (Å²) in [6.07, 6.45) is 0.788. The largest absolute Gasteiger partial charge is 0.335 e. The first-order valence-corrected chi connectivity index (χ1v) is 5.89. The van der Waals surface area contributed by atoms with Crippen LogP contribution in [0.1, 0.15) is 34.4 Å². The van der Waals surface area contributed by atoms with E-state index in [1.54, 1.807) is 0 Å². The van der Waals surface area contributed by atoms with Crippen molar-refractivity contribution in [3.05, 3.63) is 34.4 Å². The molecule has 0 fully saturated rings. The molecule has 2 aromatic heterocycles. The summed E-state index contributed by atoms with van der Waals surface area (Å²) in [4.78, 5) is 9.19. The molecule has 2 aromatic rings. The van der Waals surface area contributed by atoms with Gasteiger partial charge in [-0.15, -0.1) is 0 Å². The third-order valence-electron chi connectivity index (χ3n) is 3.74. The van der Waals surface area contributed by atoms with Gasteiger partial charge in [0.25, 0.3) is 0 Å². The molecular weight excluding hydrogens is 212 g/mol. The quantitative estimate of drug-likeness (QED) is 0.793. The van der Waals surface area contributed by atoms with E-state index in [9.17, 15) is 0 Å². The van der Waals surface area contributed by atoms with Crippen LogP contribution in [0.5, 0.6) is 0 Å². The van der Waals surface area contributed by atoms with Crippen LogP contribution < -0.4 is 0 Å². The zero-order valence-corrected chi connectivity index (χ0v) is 11.5. The average Bonchev–Trinajstić information content (AvgIpc) is 2.66. The SMILES string of the molecule is Cc1nc(Cc2nc(C)c(C)n2C)n(C)c1C. The number of rotatable bonds is 2. The lowest BCUT2D eigenvalue weighted by Crippen LogP contribution is -2.06. The van der Waals surface area contributed by atoms with Crippen molar-refractivity contribution in [3.8, 4) is 0 Å². The van der Waals surface area contributed by atoms with E-state index in [2.05, 4.69) is 47.0 Å². The van der Waals surface area contributed by atoms with E-state index in [0.29, 0.717) is 0 Å². The van der Waals surface area contributed by atoms with Crippen LogP contribution in [0, 0.1) is 27.7 Å². The Kier molecular flexibility index (Phi) is 2.81. The number of aryl methyl sites for hydroxylation is 2. The second kappa shape index (κ2) is 4.02. The third kappa shape index (κ3) is 1.88. The minimum atomic E-state index is 0.788. The molecule has 2 rings (SSSR count). The first-order valence-electron chi connectivity index (χ1n) is 5.89. The maximum absolute atomic E-state index is 4.59. The molecule has 0 unspecified atom stereocenters. The van der Waals surface area contributed by atoms with Gasteiger partial charge in [0.2, 0.25) is 0 Å². The predicted molar refractivity (Wildman–Crippen MR) is 68.2 cm³/mol. The Morgan fingerprint density at radius 3 is 1.35 bits per heavy atom. The van der Waals surface area contributed by atoms with E-state index >= 15 is 0 Å². The van der Waals surface area contributed by atoms with Crippen LogP contribution in [0.25, 0.3) is 0 Å². The summed E-state index contributed by atoms with van der Waals surface area (Å²) in [5, 5.41) is 0. The van der Waals surface area contributed by atoms with Crippen molar-refractivity contribution in [1.82, 2.24) is 19.1 Å². The summed E-state index contributed by atoms with van der Waals surface area (Å²) in [5.41, 5.74) is 4.65. The van der Waals surface area contributed by atoms with Crippen molar-refractivity contribution in [1.29, 1.82) is 0 Å². The fraction of sp³-hybridized carbons (Fsp3) is 0.538. The molecule has 0 radical (unpaired) electrons. The molecule has 0 aliphatic heterocycles. The molecule has 92 valence electrons. The number of imidazole rings is 2. The maximum Gasteiger partial charge on any atom is 0.116 e. The van der Waals surface area contributed by atoms with Gasteiger partial charge < -0.3 is 9.13 Å². The third-order valence-corrected chi connectivity index (χ3v) is 3.74. The Bertz CT molecular complexity index is 510. The number of hydrogen-bond donors (Lipinski definition) is 0. The van der Waals surface area contributed by atoms with Crippen molar-refractivity contribution in [2.24, 2.45) is 14.1 Å². The lowest BCUT2D eigenvalue weighted by atomic mass is 10.3. The van der Waals surface area contributed by atoms with E-state index in [1.165, 1.54) is 11.4 Å². The van der Waals surface area contributed by atoms with Gasteiger partial charge in [0.15, 0.2) is 0 Å². The zero-order chi connectivity index (χ0) is 12.7. The summed E-state index contributed by atoms with van der Waals surface area (Å²) < 4.78 is 4.30. The van der Waals surface area contributed by atoms with Gasteiger partial charge >= 0.3 is 0 Å². The van der Waals surface area contributed by atoms with Crippen molar-refractivity contribution in [2.45, 2.75) is 34.1 Å². The molecule has 0 saturated heterocycles. The average molecular weight is 232 g/mol. The summed E-state index contributed by atoms with van der Waals surface area (Å²) in [5.74, 6) is 2.15. The van der Waals surface area contributed by atoms with Crippen LogP contribution in [0.15, 0.2) is 0 Å². The molecule has 0 saturated carbocycles. The van der Waals surface area contributed by atoms with E-state index < -0.39 is 0 Å². The Hall–Kier alpha value is -1.58. The molecule has 4 heteroatoms. The molecule has 0 bridgehead atoms. The molecule has 2 heterocycles. The molecule has 0 amide bonds. The van der Waals surface area contributed by atoms with E-state index in [1.807, 2.05) is 13.8 Å². The van der Waals surface area contributed by atoms with Crippen LogP contribution in [0.2, 0.25) is 0 Å². The second-order valence-corrected chi connectivity index (χ2v) is 4.69. The fourth-order valence-corrected chi connectivity index (χ4v) is 2.03. The maximum atomic E-state index is 4.59. The normalized spacial score (nSPS) is 11.2. The van der Waals surface area contributed by atoms with E-state index in [0.717, 1.165) is 29.5 Å². The number of hydrogen-bond acceptors (Lipinski definition) is 2. The van der Waals surface area contributed by atoms with Gasteiger partial charge in [0.05, 0.1) is 17.8 Å². The monoisotopic (exact) mass is 232 g/mol. The molecule has 0 aliphatic carbocycles. The van der Waals surface area contributed by atoms with Crippen molar-refractivity contribution in [2.75, 3.05) is 0 Å². The highest BCUT2D eigenvalue weighted by Gasteiger charge is 2.13. The van der Waals surface area contributed by atoms with Gasteiger partial charge in [-0.05, 0) is 27.7 Å². The molecule has 0 spiro atoms. The second-order valence-electron chi connectivity index (χ2n) is 4.69. The van der Waals surface area contributed by atoms with Crippen LogP contribution >= 0.6 is 0 Å². The van der Waals surface area contributed by atoms with Gasteiger partial charge in [0.1, 0.15) is 11.6 Å². The molecule has 0 atom stereocenters. The Balaban J connectivity index is 2.38. The number of nitrogens with zero attached hydrogens (tertiary/aromatic N) is 4. The van der Waals surface area contributed by atoms with Crippen molar-refractivity contribution >= 4 is 0 Å².